The van der Waals surface area contributed by atoms with Crippen LogP contribution in [0.2, 0.25) is 0 Å². The molecule has 0 aliphatic carbocycles. The summed E-state index contributed by atoms with van der Waals surface area (Å²) in [5.74, 6) is -1.79. The van der Waals surface area contributed by atoms with Crippen LogP contribution in [0, 0.1) is 5.82 Å². The molecule has 1 N–H and O–H groups in total. The van der Waals surface area contributed by atoms with Crippen molar-refractivity contribution in [1.82, 2.24) is 14.8 Å². The lowest BCUT2D eigenvalue weighted by molar-refractivity contribution is -0.127. The van der Waals surface area contributed by atoms with E-state index in [4.69, 9.17) is 0 Å². The van der Waals surface area contributed by atoms with Crippen molar-refractivity contribution >= 4 is 38.5 Å². The van der Waals surface area contributed by atoms with Crippen molar-refractivity contribution in [1.29, 1.82) is 0 Å². The summed E-state index contributed by atoms with van der Waals surface area (Å²) < 4.78 is 41.8. The number of amidine groups is 1. The molecule has 166 valence electrons. The van der Waals surface area contributed by atoms with Crippen LogP contribution in [0.1, 0.15) is 15.9 Å². The molecule has 1 aromatic heterocycles. The molecule has 0 spiro atoms. The Kier molecular flexibility index (Phi) is 5.79. The molecule has 2 aromatic carbocycles. The molecule has 8 nitrogen and oxygen atoms in total. The third-order valence-corrected chi connectivity index (χ3v) is 5.75. The van der Waals surface area contributed by atoms with Crippen molar-refractivity contribution in [3.8, 4) is 0 Å². The number of Topliss-reactive ketones (excluding diaryl/α,β-unsaturated/α-hetero) is 1. The minimum atomic E-state index is -3.65. The number of H-pyrrole nitrogens is 1. The van der Waals surface area contributed by atoms with Crippen molar-refractivity contribution in [3.63, 3.8) is 0 Å². The molecule has 1 fully saturated rings. The maximum atomic E-state index is 14.2. The fraction of sp³-hybridized carbons (Fsp3) is 0.227. The zero-order valence-electron chi connectivity index (χ0n) is 17.3. The summed E-state index contributed by atoms with van der Waals surface area (Å²) in [5, 5.41) is 0.0936. The number of nitrogens with zero attached hydrogens (tertiary/aromatic N) is 3. The predicted octanol–water partition coefficient (Wildman–Crippen LogP) is 2.04. The summed E-state index contributed by atoms with van der Waals surface area (Å²) >= 11 is 0. The third-order valence-electron chi connectivity index (χ3n) is 5.24. The number of sulfonamides is 1. The Balaban J connectivity index is 1.52. The normalized spacial score (nSPS) is 15.2. The molecular weight excluding hydrogens is 435 g/mol. The summed E-state index contributed by atoms with van der Waals surface area (Å²) in [6, 6.07) is 13.3. The molecule has 1 amide bonds. The lowest BCUT2D eigenvalue weighted by atomic mass is 10.1. The zero-order chi connectivity index (χ0) is 22.9. The van der Waals surface area contributed by atoms with Crippen LogP contribution in [-0.2, 0) is 14.8 Å². The summed E-state index contributed by atoms with van der Waals surface area (Å²) in [6.45, 7) is 0.991. The Morgan fingerprint density at radius 3 is 2.28 bits per heavy atom. The van der Waals surface area contributed by atoms with Crippen molar-refractivity contribution in [2.24, 2.45) is 4.40 Å². The zero-order valence-corrected chi connectivity index (χ0v) is 18.1. The van der Waals surface area contributed by atoms with Gasteiger partial charge in [0.15, 0.2) is 0 Å². The van der Waals surface area contributed by atoms with Gasteiger partial charge in [-0.25, -0.2) is 12.8 Å². The molecule has 1 aliphatic rings. The van der Waals surface area contributed by atoms with E-state index in [-0.39, 0.29) is 24.0 Å². The Labute approximate surface area is 184 Å². The first-order valence-corrected chi connectivity index (χ1v) is 11.8. The number of amides is 1. The van der Waals surface area contributed by atoms with Gasteiger partial charge >= 0.3 is 0 Å². The minimum Gasteiger partial charge on any atom is -0.360 e. The van der Waals surface area contributed by atoms with E-state index in [2.05, 4.69) is 9.38 Å². The highest BCUT2D eigenvalue weighted by Gasteiger charge is 2.30. The maximum Gasteiger partial charge on any atom is 0.295 e. The number of nitrogens with one attached hydrogen (secondary N) is 1. The number of halogens is 1. The van der Waals surface area contributed by atoms with Gasteiger partial charge in [-0.2, -0.15) is 0 Å². The van der Waals surface area contributed by atoms with Gasteiger partial charge in [0.1, 0.15) is 11.7 Å². The van der Waals surface area contributed by atoms with E-state index in [0.29, 0.717) is 30.0 Å². The van der Waals surface area contributed by atoms with Crippen LogP contribution in [0.25, 0.3) is 10.9 Å². The van der Waals surface area contributed by atoms with E-state index in [1.54, 1.807) is 35.2 Å². The summed E-state index contributed by atoms with van der Waals surface area (Å²) in [7, 11) is -3.65. The van der Waals surface area contributed by atoms with Crippen LogP contribution < -0.4 is 0 Å². The second kappa shape index (κ2) is 8.54. The van der Waals surface area contributed by atoms with Crippen molar-refractivity contribution in [3.05, 3.63) is 71.7 Å². The molecule has 1 saturated heterocycles. The topological polar surface area (TPSA) is 103 Å². The highest BCUT2D eigenvalue weighted by atomic mass is 32.2. The second-order valence-electron chi connectivity index (χ2n) is 7.49. The number of carbonyl (C=O) groups excluding carboxylic acids is 2. The predicted molar refractivity (Wildman–Crippen MR) is 119 cm³/mol. The number of hydrogen-bond acceptors (Lipinski definition) is 4. The SMILES string of the molecule is CS(=O)(=O)N=C(c1ccccc1)N1CCN(C(=O)C(=O)c2c[nH]c3cccc(F)c23)CC1. The smallest absolute Gasteiger partial charge is 0.295 e. The number of ketones is 1. The molecule has 3 aromatic rings. The van der Waals surface area contributed by atoms with E-state index in [1.807, 2.05) is 6.07 Å². The average Bonchev–Trinajstić information content (AvgIpc) is 3.22. The van der Waals surface area contributed by atoms with Gasteiger partial charge in [-0.05, 0) is 12.1 Å². The van der Waals surface area contributed by atoms with E-state index in [0.717, 1.165) is 6.26 Å². The fourth-order valence-corrected chi connectivity index (χ4v) is 4.27. The average molecular weight is 456 g/mol. The summed E-state index contributed by atoms with van der Waals surface area (Å²) in [6.07, 6.45) is 2.37. The number of benzene rings is 2. The van der Waals surface area contributed by atoms with E-state index in [9.17, 15) is 22.4 Å². The summed E-state index contributed by atoms with van der Waals surface area (Å²) in [5.41, 5.74) is 1.08. The van der Waals surface area contributed by atoms with Crippen LogP contribution in [0.15, 0.2) is 59.1 Å². The van der Waals surface area contributed by atoms with Gasteiger partial charge in [-0.15, -0.1) is 4.40 Å². The Bertz CT molecular complexity index is 1310. The second-order valence-corrected chi connectivity index (χ2v) is 9.14. The van der Waals surface area contributed by atoms with Gasteiger partial charge in [0, 0.05) is 48.8 Å². The standard InChI is InChI=1S/C22H21FN4O4S/c1-32(30,31)25-21(15-6-3-2-4-7-15)26-10-12-27(13-11-26)22(29)20(28)16-14-24-18-9-5-8-17(23)19(16)18/h2-9,14,24H,10-13H2,1H3. The molecule has 0 atom stereocenters. The number of piperazine rings is 1. The number of hydrogen-bond donors (Lipinski definition) is 1. The first kappa shape index (κ1) is 21.7. The molecule has 0 unspecified atom stereocenters. The van der Waals surface area contributed by atoms with E-state index < -0.39 is 27.5 Å². The number of fused-ring (bicyclic) bond motifs is 1. The molecule has 0 radical (unpaired) electrons. The third kappa shape index (κ3) is 4.40. The van der Waals surface area contributed by atoms with Gasteiger partial charge in [0.05, 0.1) is 11.8 Å². The minimum absolute atomic E-state index is 0.00542. The number of aromatic nitrogens is 1. The Hall–Kier alpha value is -3.53. The first-order valence-electron chi connectivity index (χ1n) is 9.94. The van der Waals surface area contributed by atoms with Crippen LogP contribution in [0.4, 0.5) is 4.39 Å². The maximum absolute atomic E-state index is 14.2. The Morgan fingerprint density at radius 2 is 1.62 bits per heavy atom. The summed E-state index contributed by atoms with van der Waals surface area (Å²) in [4.78, 5) is 31.6. The van der Waals surface area contributed by atoms with Crippen molar-refractivity contribution in [2.75, 3.05) is 32.4 Å². The first-order chi connectivity index (χ1) is 15.2. The van der Waals surface area contributed by atoms with Crippen molar-refractivity contribution in [2.45, 2.75) is 0 Å². The monoisotopic (exact) mass is 456 g/mol. The Morgan fingerprint density at radius 1 is 0.969 bits per heavy atom. The van der Waals surface area contributed by atoms with Crippen LogP contribution in [0.5, 0.6) is 0 Å². The van der Waals surface area contributed by atoms with E-state index >= 15 is 0 Å². The van der Waals surface area contributed by atoms with Gasteiger partial charge < -0.3 is 14.8 Å². The molecule has 1 aliphatic heterocycles. The quantitative estimate of drug-likeness (QED) is 0.280. The largest absolute Gasteiger partial charge is 0.360 e. The lowest BCUT2D eigenvalue weighted by Crippen LogP contribution is -2.52. The van der Waals surface area contributed by atoms with Gasteiger partial charge in [-0.1, -0.05) is 36.4 Å². The van der Waals surface area contributed by atoms with Crippen molar-refractivity contribution < 1.29 is 22.4 Å². The van der Waals surface area contributed by atoms with Crippen LogP contribution in [-0.4, -0.2) is 73.2 Å². The van der Waals surface area contributed by atoms with Gasteiger partial charge in [0.2, 0.25) is 0 Å². The number of rotatable bonds is 4. The van der Waals surface area contributed by atoms with Gasteiger partial charge in [0.25, 0.3) is 21.7 Å². The molecule has 32 heavy (non-hydrogen) atoms. The van der Waals surface area contributed by atoms with Crippen LogP contribution in [0.3, 0.4) is 0 Å². The lowest BCUT2D eigenvalue weighted by Gasteiger charge is -2.36. The highest BCUT2D eigenvalue weighted by molar-refractivity contribution is 7.89. The number of carbonyl (C=O) groups is 2. The van der Waals surface area contributed by atoms with E-state index in [1.165, 1.54) is 23.2 Å². The molecular formula is C22H21FN4O4S. The fourth-order valence-electron chi connectivity index (χ4n) is 3.74. The number of aromatic amines is 1. The van der Waals surface area contributed by atoms with Crippen LogP contribution >= 0.6 is 0 Å². The molecule has 0 saturated carbocycles. The molecule has 10 heteroatoms. The molecule has 0 bridgehead atoms. The van der Waals surface area contributed by atoms with Gasteiger partial charge in [-0.3, -0.25) is 9.59 Å². The molecule has 4 rings (SSSR count). The highest BCUT2D eigenvalue weighted by Crippen LogP contribution is 2.23. The molecule has 2 heterocycles.